The zero-order valence-electron chi connectivity index (χ0n) is 17.7. The molecule has 1 saturated heterocycles. The Morgan fingerprint density at radius 2 is 1.73 bits per heavy atom. The fourth-order valence-electron chi connectivity index (χ4n) is 4.36. The molecule has 5 rings (SSSR count). The number of anilines is 1. The zero-order chi connectivity index (χ0) is 23.2. The lowest BCUT2D eigenvalue weighted by Crippen LogP contribution is -2.60. The van der Waals surface area contributed by atoms with Crippen LogP contribution in [0.2, 0.25) is 0 Å². The van der Waals surface area contributed by atoms with Gasteiger partial charge in [-0.05, 0) is 29.2 Å². The van der Waals surface area contributed by atoms with Gasteiger partial charge in [0.05, 0.1) is 0 Å². The van der Waals surface area contributed by atoms with Gasteiger partial charge in [0.2, 0.25) is 5.82 Å². The number of hydrogen-bond donors (Lipinski definition) is 3. The van der Waals surface area contributed by atoms with Crippen LogP contribution in [-0.4, -0.2) is 62.9 Å². The van der Waals surface area contributed by atoms with Gasteiger partial charge in [0.15, 0.2) is 0 Å². The van der Waals surface area contributed by atoms with E-state index in [0.717, 1.165) is 22.3 Å². The number of H-pyrrole nitrogens is 1. The summed E-state index contributed by atoms with van der Waals surface area (Å²) in [4.78, 5) is 41.3. The summed E-state index contributed by atoms with van der Waals surface area (Å²) >= 11 is 0. The molecular formula is C23H21N5O5. The highest BCUT2D eigenvalue weighted by atomic mass is 16.5. The van der Waals surface area contributed by atoms with Gasteiger partial charge in [-0.1, -0.05) is 48.5 Å². The first-order valence-electron chi connectivity index (χ1n) is 10.4. The standard InChI is InChI=1S/C23H21N5O5/c1-23(20(30)31)11-28(12-23)19(29)18-24-21(27-26-18)25-22(32)33-10-17-15-8-4-2-6-13(15)14-7-3-5-9-16(14)17/h2-9,17H,10-12H2,1H3,(H,30,31)(H2,24,25,26,27,32). The highest BCUT2D eigenvalue weighted by Gasteiger charge is 2.48. The Hall–Kier alpha value is -4.21. The molecule has 3 aromatic rings. The lowest BCUT2D eigenvalue weighted by molar-refractivity contribution is -0.155. The Labute approximate surface area is 188 Å². The van der Waals surface area contributed by atoms with Crippen molar-refractivity contribution in [3.05, 3.63) is 65.5 Å². The number of rotatable bonds is 5. The highest BCUT2D eigenvalue weighted by molar-refractivity contribution is 5.93. The number of fused-ring (bicyclic) bond motifs is 3. The smallest absolute Gasteiger partial charge is 0.414 e. The third-order valence-corrected chi connectivity index (χ3v) is 6.13. The van der Waals surface area contributed by atoms with Gasteiger partial charge >= 0.3 is 12.1 Å². The van der Waals surface area contributed by atoms with Crippen molar-refractivity contribution in [2.24, 2.45) is 5.41 Å². The summed E-state index contributed by atoms with van der Waals surface area (Å²) in [6.07, 6.45) is -0.739. The van der Waals surface area contributed by atoms with E-state index in [2.05, 4.69) is 32.6 Å². The first-order chi connectivity index (χ1) is 15.9. The maximum Gasteiger partial charge on any atom is 0.414 e. The Bertz CT molecular complexity index is 1220. The van der Waals surface area contributed by atoms with Gasteiger partial charge in [0.25, 0.3) is 11.9 Å². The summed E-state index contributed by atoms with van der Waals surface area (Å²) in [7, 11) is 0. The Morgan fingerprint density at radius 3 is 2.33 bits per heavy atom. The van der Waals surface area contributed by atoms with Crippen LogP contribution in [0, 0.1) is 5.41 Å². The predicted octanol–water partition coefficient (Wildman–Crippen LogP) is 2.71. The molecule has 1 aromatic heterocycles. The molecule has 2 amide bonds. The number of hydrogen-bond acceptors (Lipinski definition) is 6. The van der Waals surface area contributed by atoms with Crippen LogP contribution in [0.3, 0.4) is 0 Å². The van der Waals surface area contributed by atoms with Gasteiger partial charge in [-0.25, -0.2) is 4.79 Å². The molecule has 10 nitrogen and oxygen atoms in total. The molecule has 33 heavy (non-hydrogen) atoms. The number of carbonyl (C=O) groups excluding carboxylic acids is 2. The van der Waals surface area contributed by atoms with E-state index in [-0.39, 0.29) is 37.4 Å². The van der Waals surface area contributed by atoms with E-state index in [0.29, 0.717) is 0 Å². The minimum Gasteiger partial charge on any atom is -0.481 e. The van der Waals surface area contributed by atoms with E-state index < -0.39 is 23.4 Å². The van der Waals surface area contributed by atoms with Crippen molar-refractivity contribution in [3.8, 4) is 11.1 Å². The van der Waals surface area contributed by atoms with Crippen LogP contribution < -0.4 is 5.32 Å². The van der Waals surface area contributed by atoms with Crippen LogP contribution in [0.25, 0.3) is 11.1 Å². The van der Waals surface area contributed by atoms with Crippen molar-refractivity contribution in [1.82, 2.24) is 20.1 Å². The summed E-state index contributed by atoms with van der Waals surface area (Å²) in [5, 5.41) is 17.9. The van der Waals surface area contributed by atoms with E-state index in [4.69, 9.17) is 9.84 Å². The van der Waals surface area contributed by atoms with Gasteiger partial charge in [0, 0.05) is 19.0 Å². The summed E-state index contributed by atoms with van der Waals surface area (Å²) in [5.74, 6) is -1.71. The largest absolute Gasteiger partial charge is 0.481 e. The average molecular weight is 447 g/mol. The molecule has 10 heteroatoms. The van der Waals surface area contributed by atoms with Crippen molar-refractivity contribution in [2.75, 3.05) is 25.0 Å². The number of carboxylic acids is 1. The third kappa shape index (κ3) is 3.59. The number of carboxylic acid groups (broad SMARTS) is 1. The minimum absolute atomic E-state index is 0.0804. The van der Waals surface area contributed by atoms with E-state index in [1.165, 1.54) is 4.90 Å². The maximum absolute atomic E-state index is 12.4. The molecule has 0 unspecified atom stereocenters. The van der Waals surface area contributed by atoms with Crippen LogP contribution >= 0.6 is 0 Å². The topological polar surface area (TPSA) is 138 Å². The molecule has 0 atom stereocenters. The number of aromatic nitrogens is 3. The monoisotopic (exact) mass is 447 g/mol. The number of aliphatic carboxylic acids is 1. The third-order valence-electron chi connectivity index (χ3n) is 6.13. The first kappa shape index (κ1) is 20.7. The maximum atomic E-state index is 12.4. The molecule has 2 aromatic carbocycles. The van der Waals surface area contributed by atoms with E-state index >= 15 is 0 Å². The number of ether oxygens (including phenoxy) is 1. The SMILES string of the molecule is CC1(C(=O)O)CN(C(=O)c2nc(NC(=O)OCC3c4ccccc4-c4ccccc43)n[nH]2)C1. The second-order valence-electron chi connectivity index (χ2n) is 8.49. The number of aromatic amines is 1. The Morgan fingerprint density at radius 1 is 1.12 bits per heavy atom. The van der Waals surface area contributed by atoms with Crippen molar-refractivity contribution in [2.45, 2.75) is 12.8 Å². The average Bonchev–Trinajstić information content (AvgIpc) is 3.37. The van der Waals surface area contributed by atoms with Gasteiger partial charge in [-0.2, -0.15) is 4.98 Å². The molecule has 0 spiro atoms. The van der Waals surface area contributed by atoms with Crippen molar-refractivity contribution in [3.63, 3.8) is 0 Å². The second-order valence-corrected chi connectivity index (χ2v) is 8.49. The number of carbonyl (C=O) groups is 3. The molecule has 1 fully saturated rings. The van der Waals surface area contributed by atoms with E-state index in [9.17, 15) is 14.4 Å². The number of nitrogens with one attached hydrogen (secondary N) is 2. The molecule has 1 aliphatic heterocycles. The summed E-state index contributed by atoms with van der Waals surface area (Å²) < 4.78 is 5.44. The Balaban J connectivity index is 1.20. The van der Waals surface area contributed by atoms with Crippen molar-refractivity contribution in [1.29, 1.82) is 0 Å². The quantitative estimate of drug-likeness (QED) is 0.547. The second kappa shape index (κ2) is 7.73. The Kier molecular flexibility index (Phi) is 4.85. The first-order valence-corrected chi connectivity index (χ1v) is 10.4. The number of amides is 2. The van der Waals surface area contributed by atoms with Gasteiger partial charge in [0.1, 0.15) is 12.0 Å². The van der Waals surface area contributed by atoms with Crippen LogP contribution in [0.1, 0.15) is 34.6 Å². The lowest BCUT2D eigenvalue weighted by atomic mass is 9.82. The van der Waals surface area contributed by atoms with Crippen molar-refractivity contribution >= 4 is 23.9 Å². The molecule has 0 bridgehead atoms. The molecule has 2 aliphatic rings. The number of benzene rings is 2. The molecule has 2 heterocycles. The van der Waals surface area contributed by atoms with Crippen LogP contribution in [0.15, 0.2) is 48.5 Å². The minimum atomic E-state index is -0.960. The lowest BCUT2D eigenvalue weighted by Gasteiger charge is -2.44. The van der Waals surface area contributed by atoms with Crippen LogP contribution in [-0.2, 0) is 9.53 Å². The van der Waals surface area contributed by atoms with Gasteiger partial charge < -0.3 is 14.7 Å². The molecular weight excluding hydrogens is 426 g/mol. The molecule has 3 N–H and O–H groups in total. The number of likely N-dealkylation sites (tertiary alicyclic amines) is 1. The fraction of sp³-hybridized carbons (Fsp3) is 0.261. The molecule has 0 saturated carbocycles. The normalized spacial score (nSPS) is 15.8. The zero-order valence-corrected chi connectivity index (χ0v) is 17.7. The van der Waals surface area contributed by atoms with Crippen LogP contribution in [0.4, 0.5) is 10.7 Å². The van der Waals surface area contributed by atoms with Crippen LogP contribution in [0.5, 0.6) is 0 Å². The van der Waals surface area contributed by atoms with E-state index in [1.54, 1.807) is 6.92 Å². The van der Waals surface area contributed by atoms with E-state index in [1.807, 2.05) is 36.4 Å². The van der Waals surface area contributed by atoms with Crippen molar-refractivity contribution < 1.29 is 24.2 Å². The molecule has 0 radical (unpaired) electrons. The molecule has 168 valence electrons. The van der Waals surface area contributed by atoms with Gasteiger partial charge in [-0.3, -0.25) is 20.0 Å². The highest BCUT2D eigenvalue weighted by Crippen LogP contribution is 2.44. The molecule has 1 aliphatic carbocycles. The predicted molar refractivity (Wildman–Crippen MR) is 117 cm³/mol. The summed E-state index contributed by atoms with van der Waals surface area (Å²) in [6, 6.07) is 16.0. The fourth-order valence-corrected chi connectivity index (χ4v) is 4.36. The summed E-state index contributed by atoms with van der Waals surface area (Å²) in [6.45, 7) is 1.87. The summed E-state index contributed by atoms with van der Waals surface area (Å²) in [5.41, 5.74) is 3.49. The number of nitrogens with zero attached hydrogens (tertiary/aromatic N) is 3. The van der Waals surface area contributed by atoms with Gasteiger partial charge in [-0.15, -0.1) is 5.10 Å².